The highest BCUT2D eigenvalue weighted by molar-refractivity contribution is 6.00. The molecule has 458 valence electrons. The number of ether oxygens (including phenoxy) is 1. The van der Waals surface area contributed by atoms with Crippen molar-refractivity contribution in [3.63, 3.8) is 0 Å². The molecule has 0 radical (unpaired) electrons. The predicted octanol–water partition coefficient (Wildman–Crippen LogP) is 3.43. The molecule has 0 spiro atoms. The number of aliphatic hydroxyl groups excluding tert-OH is 3. The first-order chi connectivity index (χ1) is 40.7. The van der Waals surface area contributed by atoms with Crippen LogP contribution in [-0.2, 0) is 35.2 Å². The van der Waals surface area contributed by atoms with E-state index in [-0.39, 0.29) is 62.9 Å². The van der Waals surface area contributed by atoms with Crippen molar-refractivity contribution >= 4 is 47.4 Å². The van der Waals surface area contributed by atoms with Gasteiger partial charge < -0.3 is 72.2 Å². The van der Waals surface area contributed by atoms with E-state index in [9.17, 15) is 58.8 Å². The minimum atomic E-state index is -1.71. The maximum Gasteiger partial charge on any atom is 0.315 e. The SMILES string of the molecule is CCCCCOc1ccc(-c2ccc(-c3ccc(C(=O)N[C@H]4CCCNC(=O)C5C[C@H](NC(=O)NCCC(C)C)CN5C(=O)C(C(C)O)NC(=O)C(CCc5ccc(O)cc5)NC(=O)C5C[C@@H](O)CN5C(=O)C(C(C)O)NC4=O)cc3)cc2)cc1. The van der Waals surface area contributed by atoms with Gasteiger partial charge in [-0.1, -0.05) is 94.3 Å². The van der Waals surface area contributed by atoms with E-state index < -0.39 is 115 Å². The smallest absolute Gasteiger partial charge is 0.315 e. The topological polar surface area (TPSA) is 317 Å². The summed E-state index contributed by atoms with van der Waals surface area (Å²) in [6, 6.07) is 18.6. The van der Waals surface area contributed by atoms with E-state index >= 15 is 0 Å². The summed E-state index contributed by atoms with van der Waals surface area (Å²) in [6.45, 7) is 9.03. The summed E-state index contributed by atoms with van der Waals surface area (Å²) in [7, 11) is 0. The Kier molecular flexibility index (Phi) is 23.2. The summed E-state index contributed by atoms with van der Waals surface area (Å²) >= 11 is 0. The number of rotatable bonds is 18. The van der Waals surface area contributed by atoms with Crippen molar-refractivity contribution in [1.29, 1.82) is 0 Å². The molecule has 3 saturated heterocycles. The molecule has 3 aliphatic heterocycles. The second kappa shape index (κ2) is 30.6. The lowest BCUT2D eigenvalue weighted by Crippen LogP contribution is -2.61. The van der Waals surface area contributed by atoms with Crippen LogP contribution in [0.3, 0.4) is 0 Å². The van der Waals surface area contributed by atoms with Crippen molar-refractivity contribution in [2.45, 2.75) is 159 Å². The van der Waals surface area contributed by atoms with Gasteiger partial charge in [-0.2, -0.15) is 0 Å². The third kappa shape index (κ3) is 18.0. The van der Waals surface area contributed by atoms with Gasteiger partial charge >= 0.3 is 6.03 Å². The average Bonchev–Trinajstić information content (AvgIpc) is 2.76. The van der Waals surface area contributed by atoms with Crippen LogP contribution in [0.1, 0.15) is 108 Å². The Balaban J connectivity index is 1.14. The molecule has 22 heteroatoms. The van der Waals surface area contributed by atoms with Crippen molar-refractivity contribution in [3.8, 4) is 33.8 Å². The van der Waals surface area contributed by atoms with Crippen LogP contribution in [0.4, 0.5) is 4.79 Å². The number of unbranched alkanes of at least 4 members (excludes halogenated alkanes) is 2. The van der Waals surface area contributed by atoms with Gasteiger partial charge in [-0.15, -0.1) is 0 Å². The van der Waals surface area contributed by atoms with Crippen LogP contribution in [0.5, 0.6) is 11.5 Å². The van der Waals surface area contributed by atoms with Crippen molar-refractivity contribution in [1.82, 2.24) is 47.0 Å². The predicted molar refractivity (Wildman–Crippen MR) is 317 cm³/mol. The Labute approximate surface area is 496 Å². The molecular formula is C63H83N9O13. The van der Waals surface area contributed by atoms with Crippen molar-refractivity contribution in [2.75, 3.05) is 32.8 Å². The number of aromatic hydroxyl groups is 1. The van der Waals surface area contributed by atoms with Gasteiger partial charge in [-0.3, -0.25) is 33.6 Å². The zero-order chi connectivity index (χ0) is 61.3. The largest absolute Gasteiger partial charge is 0.508 e. The fraction of sp³-hybridized carbons (Fsp3) is 0.492. The quantitative estimate of drug-likeness (QED) is 0.0638. The third-order valence-electron chi connectivity index (χ3n) is 15.6. The van der Waals surface area contributed by atoms with Crippen LogP contribution in [0.15, 0.2) is 97.1 Å². The van der Waals surface area contributed by atoms with Gasteiger partial charge in [-0.05, 0) is 129 Å². The molecule has 4 aromatic rings. The molecule has 85 heavy (non-hydrogen) atoms. The molecule has 0 aromatic heterocycles. The molecule has 7 rings (SSSR count). The maximum absolute atomic E-state index is 14.7. The lowest BCUT2D eigenvalue weighted by Gasteiger charge is -2.32. The number of nitrogens with one attached hydrogen (secondary N) is 7. The summed E-state index contributed by atoms with van der Waals surface area (Å²) in [5.74, 6) is -4.72. The molecule has 3 aliphatic rings. The van der Waals surface area contributed by atoms with E-state index in [2.05, 4.69) is 44.1 Å². The van der Waals surface area contributed by atoms with E-state index in [4.69, 9.17) is 4.74 Å². The molecule has 3 fully saturated rings. The molecule has 3 heterocycles. The summed E-state index contributed by atoms with van der Waals surface area (Å²) < 4.78 is 5.87. The normalized spacial score (nSPS) is 23.5. The lowest BCUT2D eigenvalue weighted by atomic mass is 9.99. The Morgan fingerprint density at radius 3 is 1.82 bits per heavy atom. The number of hydrogen-bond acceptors (Lipinski definition) is 13. The molecule has 7 unspecified atom stereocenters. The first-order valence-corrected chi connectivity index (χ1v) is 29.6. The molecular weight excluding hydrogens is 1090 g/mol. The van der Waals surface area contributed by atoms with Crippen molar-refractivity contribution < 1.29 is 63.5 Å². The number of aryl methyl sites for hydroxylation is 1. The van der Waals surface area contributed by atoms with Crippen LogP contribution in [0.25, 0.3) is 22.3 Å². The van der Waals surface area contributed by atoms with Crippen LogP contribution < -0.4 is 42.0 Å². The number of fused-ring (bicyclic) bond motifs is 2. The van der Waals surface area contributed by atoms with E-state index in [1.54, 1.807) is 36.4 Å². The number of amides is 9. The number of hydrogen-bond donors (Lipinski definition) is 11. The van der Waals surface area contributed by atoms with Gasteiger partial charge in [0.25, 0.3) is 5.91 Å². The summed E-state index contributed by atoms with van der Waals surface area (Å²) in [5.41, 5.74) is 4.56. The van der Waals surface area contributed by atoms with Gasteiger partial charge in [0.1, 0.15) is 47.8 Å². The molecule has 0 aliphatic carbocycles. The minimum Gasteiger partial charge on any atom is -0.508 e. The number of carbonyl (C=O) groups excluding carboxylic acids is 8. The highest BCUT2D eigenvalue weighted by Gasteiger charge is 2.46. The first kappa shape index (κ1) is 64.5. The van der Waals surface area contributed by atoms with E-state index in [0.717, 1.165) is 52.2 Å². The average molecular weight is 1170 g/mol. The molecule has 4 aromatic carbocycles. The molecule has 11 N–H and O–H groups in total. The van der Waals surface area contributed by atoms with Crippen LogP contribution >= 0.6 is 0 Å². The van der Waals surface area contributed by atoms with E-state index in [0.29, 0.717) is 31.1 Å². The number of phenols is 1. The zero-order valence-electron chi connectivity index (χ0n) is 49.1. The molecule has 0 saturated carbocycles. The Morgan fingerprint density at radius 1 is 0.671 bits per heavy atom. The number of aliphatic hydroxyl groups is 3. The summed E-state index contributed by atoms with van der Waals surface area (Å²) in [4.78, 5) is 116. The van der Waals surface area contributed by atoms with Gasteiger partial charge in [0.15, 0.2) is 0 Å². The molecule has 22 nitrogen and oxygen atoms in total. The van der Waals surface area contributed by atoms with Crippen molar-refractivity contribution in [2.24, 2.45) is 5.92 Å². The zero-order valence-corrected chi connectivity index (χ0v) is 49.1. The molecule has 10 atom stereocenters. The Bertz CT molecular complexity index is 2920. The number of phenolic OH excluding ortho intramolecular Hbond substituents is 1. The minimum absolute atomic E-state index is 0.0112. The number of benzene rings is 4. The Morgan fingerprint density at radius 2 is 1.24 bits per heavy atom. The summed E-state index contributed by atoms with van der Waals surface area (Å²) in [6.07, 6.45) is -0.849. The number of carbonyl (C=O) groups is 8. The lowest BCUT2D eigenvalue weighted by molar-refractivity contribution is -0.145. The molecule has 0 bridgehead atoms. The standard InChI is InChI=1S/C63H83N9O13/c1-6-7-8-32-85-49-26-22-44(23-27-49)42-16-14-41(15-17-42)43-18-20-45(21-19-43)56(77)67-50-10-9-30-64-59(80)52-33-46(66-63(84)65-31-29-37(2)3)35-71(52)61(82)54(38(4)73)70-58(79)51(28-13-40-11-24-47(75)25-12-40)68-60(81)53-34-48(76)36-72(53)62(83)55(39(5)74)69-57(50)78/h11-12,14-27,37-39,46,48,50-55,73-76H,6-10,13,28-36H2,1-5H3,(H,64,80)(H,67,77)(H,68,81)(H,69,78)(H,70,79)(H2,65,66,84)/t38?,39?,46-,48+,50-,51?,52?,53?,54?,55?/m0/s1. The van der Waals surface area contributed by atoms with Gasteiger partial charge in [0.05, 0.1) is 31.0 Å². The van der Waals surface area contributed by atoms with Crippen LogP contribution in [0.2, 0.25) is 0 Å². The number of urea groups is 1. The van der Waals surface area contributed by atoms with Crippen LogP contribution in [0, 0.1) is 5.92 Å². The van der Waals surface area contributed by atoms with E-state index in [1.165, 1.54) is 30.9 Å². The third-order valence-corrected chi connectivity index (χ3v) is 15.6. The second-order valence-corrected chi connectivity index (χ2v) is 22.8. The highest BCUT2D eigenvalue weighted by Crippen LogP contribution is 2.28. The first-order valence-electron chi connectivity index (χ1n) is 29.6. The monoisotopic (exact) mass is 1170 g/mol. The summed E-state index contributed by atoms with van der Waals surface area (Å²) in [5, 5.41) is 62.2. The second-order valence-electron chi connectivity index (χ2n) is 22.8. The fourth-order valence-corrected chi connectivity index (χ4v) is 10.7. The van der Waals surface area contributed by atoms with Crippen molar-refractivity contribution in [3.05, 3.63) is 108 Å². The fourth-order valence-electron chi connectivity index (χ4n) is 10.7. The van der Waals surface area contributed by atoms with E-state index in [1.807, 2.05) is 62.4 Å². The highest BCUT2D eigenvalue weighted by atomic mass is 16.5. The van der Waals surface area contributed by atoms with Crippen LogP contribution in [-0.4, -0.2) is 171 Å². The van der Waals surface area contributed by atoms with Gasteiger partial charge in [0.2, 0.25) is 35.4 Å². The Hall–Kier alpha value is -8.08. The van der Waals surface area contributed by atoms with Gasteiger partial charge in [0, 0.05) is 38.2 Å². The molecule has 9 amide bonds. The number of nitrogens with zero attached hydrogens (tertiary/aromatic N) is 2. The van der Waals surface area contributed by atoms with Gasteiger partial charge in [-0.25, -0.2) is 4.79 Å². The maximum atomic E-state index is 14.7.